The topological polar surface area (TPSA) is 66.5 Å². The van der Waals surface area contributed by atoms with E-state index in [0.29, 0.717) is 30.8 Å². The van der Waals surface area contributed by atoms with Crippen LogP contribution in [-0.4, -0.2) is 31.7 Å². The molecule has 0 aromatic heterocycles. The molecule has 1 aliphatic heterocycles. The van der Waals surface area contributed by atoms with Gasteiger partial charge in [-0.3, -0.25) is 4.79 Å². The second kappa shape index (κ2) is 8.23. The summed E-state index contributed by atoms with van der Waals surface area (Å²) in [5.74, 6) is -0.401. The van der Waals surface area contributed by atoms with E-state index in [4.69, 9.17) is 0 Å². The average Bonchev–Trinajstić information content (AvgIpc) is 2.68. The van der Waals surface area contributed by atoms with E-state index >= 15 is 0 Å². The molecule has 1 N–H and O–H groups in total. The van der Waals surface area contributed by atoms with Crippen LogP contribution in [-0.2, 0) is 21.4 Å². The highest BCUT2D eigenvalue weighted by atomic mass is 32.2. The average molecular weight is 387 g/mol. The van der Waals surface area contributed by atoms with Gasteiger partial charge in [-0.15, -0.1) is 0 Å². The number of carbonyl (C=O) groups excluding carboxylic acids is 1. The van der Waals surface area contributed by atoms with Crippen LogP contribution in [0.1, 0.15) is 29.5 Å². The molecular weight excluding hydrogens is 360 g/mol. The van der Waals surface area contributed by atoms with Gasteiger partial charge in [-0.1, -0.05) is 42.5 Å². The molecule has 0 aliphatic carbocycles. The third-order valence-electron chi connectivity index (χ3n) is 5.03. The van der Waals surface area contributed by atoms with E-state index in [9.17, 15) is 13.2 Å². The zero-order valence-electron chi connectivity index (χ0n) is 15.8. The molecular formula is C21H26N2O3S. The fourth-order valence-electron chi connectivity index (χ4n) is 3.43. The predicted octanol–water partition coefficient (Wildman–Crippen LogP) is 3.02. The Morgan fingerprint density at radius 3 is 2.63 bits per heavy atom. The van der Waals surface area contributed by atoms with Crippen molar-refractivity contribution in [1.29, 1.82) is 0 Å². The molecule has 5 nitrogen and oxygen atoms in total. The summed E-state index contributed by atoms with van der Waals surface area (Å²) in [5.41, 5.74) is 2.67. The van der Waals surface area contributed by atoms with Gasteiger partial charge in [-0.2, -0.15) is 4.31 Å². The number of nitrogens with one attached hydrogen (secondary N) is 1. The molecule has 144 valence electrons. The molecule has 0 unspecified atom stereocenters. The summed E-state index contributed by atoms with van der Waals surface area (Å²) in [4.78, 5) is 12.9. The molecule has 1 saturated heterocycles. The fraction of sp³-hybridized carbons (Fsp3) is 0.381. The van der Waals surface area contributed by atoms with Crippen LogP contribution in [0.3, 0.4) is 0 Å². The predicted molar refractivity (Wildman–Crippen MR) is 106 cm³/mol. The third kappa shape index (κ3) is 4.57. The third-order valence-corrected chi connectivity index (χ3v) is 7.03. The number of nitrogens with zero attached hydrogens (tertiary/aromatic N) is 1. The smallest absolute Gasteiger partial charge is 0.243 e. The maximum absolute atomic E-state index is 13.1. The first-order valence-corrected chi connectivity index (χ1v) is 10.7. The first kappa shape index (κ1) is 19.6. The maximum Gasteiger partial charge on any atom is 0.243 e. The summed E-state index contributed by atoms with van der Waals surface area (Å²) in [6.07, 6.45) is 1.40. The minimum Gasteiger partial charge on any atom is -0.352 e. The molecule has 1 heterocycles. The lowest BCUT2D eigenvalue weighted by atomic mass is 9.99. The van der Waals surface area contributed by atoms with Gasteiger partial charge < -0.3 is 5.32 Å². The number of benzene rings is 2. The zero-order chi connectivity index (χ0) is 19.4. The van der Waals surface area contributed by atoms with Crippen LogP contribution in [0.25, 0.3) is 0 Å². The number of piperidine rings is 1. The van der Waals surface area contributed by atoms with Gasteiger partial charge in [-0.25, -0.2) is 8.42 Å². The second-order valence-corrected chi connectivity index (χ2v) is 9.08. The molecule has 1 aliphatic rings. The Morgan fingerprint density at radius 1 is 1.15 bits per heavy atom. The molecule has 1 amide bonds. The minimum absolute atomic E-state index is 0.0836. The summed E-state index contributed by atoms with van der Waals surface area (Å²) >= 11 is 0. The Kier molecular flexibility index (Phi) is 5.97. The number of carbonyl (C=O) groups is 1. The van der Waals surface area contributed by atoms with Crippen molar-refractivity contribution < 1.29 is 13.2 Å². The standard InChI is InChI=1S/C21H26N2O3S/c1-16-10-11-17(2)20(13-16)27(25,26)23-12-6-9-19(15-23)21(24)22-14-18-7-4-3-5-8-18/h3-5,7-8,10-11,13,19H,6,9,12,14-15H2,1-2H3,(H,22,24)/t19-/m0/s1. The Balaban J connectivity index is 1.69. The highest BCUT2D eigenvalue weighted by molar-refractivity contribution is 7.89. The Morgan fingerprint density at radius 2 is 1.89 bits per heavy atom. The molecule has 0 saturated carbocycles. The van der Waals surface area contributed by atoms with Crippen LogP contribution in [0.4, 0.5) is 0 Å². The van der Waals surface area contributed by atoms with Crippen LogP contribution in [0.15, 0.2) is 53.4 Å². The fourth-order valence-corrected chi connectivity index (χ4v) is 5.26. The van der Waals surface area contributed by atoms with Crippen molar-refractivity contribution in [3.8, 4) is 0 Å². The summed E-state index contributed by atoms with van der Waals surface area (Å²) in [6, 6.07) is 15.2. The second-order valence-electron chi connectivity index (χ2n) is 7.17. The first-order chi connectivity index (χ1) is 12.9. The molecule has 0 radical (unpaired) electrons. The molecule has 2 aromatic carbocycles. The molecule has 27 heavy (non-hydrogen) atoms. The Bertz CT molecular complexity index is 910. The van der Waals surface area contributed by atoms with Gasteiger partial charge in [0.25, 0.3) is 0 Å². The van der Waals surface area contributed by atoms with Gasteiger partial charge in [-0.05, 0) is 49.4 Å². The van der Waals surface area contributed by atoms with E-state index in [2.05, 4.69) is 5.32 Å². The van der Waals surface area contributed by atoms with Crippen molar-refractivity contribution in [1.82, 2.24) is 9.62 Å². The molecule has 1 atom stereocenters. The van der Waals surface area contributed by atoms with Gasteiger partial charge in [0.2, 0.25) is 15.9 Å². The van der Waals surface area contributed by atoms with E-state index < -0.39 is 10.0 Å². The van der Waals surface area contributed by atoms with Crippen molar-refractivity contribution in [2.75, 3.05) is 13.1 Å². The SMILES string of the molecule is Cc1ccc(C)c(S(=O)(=O)N2CCC[C@H](C(=O)NCc3ccccc3)C2)c1. The molecule has 0 bridgehead atoms. The maximum atomic E-state index is 13.1. The van der Waals surface area contributed by atoms with Crippen LogP contribution in [0.2, 0.25) is 0 Å². The van der Waals surface area contributed by atoms with Crippen molar-refractivity contribution in [2.24, 2.45) is 5.92 Å². The highest BCUT2D eigenvalue weighted by Crippen LogP contribution is 2.26. The number of hydrogen-bond acceptors (Lipinski definition) is 3. The quantitative estimate of drug-likeness (QED) is 0.859. The molecule has 2 aromatic rings. The molecule has 0 spiro atoms. The largest absolute Gasteiger partial charge is 0.352 e. The van der Waals surface area contributed by atoms with Crippen molar-refractivity contribution in [3.63, 3.8) is 0 Å². The van der Waals surface area contributed by atoms with Gasteiger partial charge in [0.15, 0.2) is 0 Å². The van der Waals surface area contributed by atoms with E-state index in [1.54, 1.807) is 13.0 Å². The summed E-state index contributed by atoms with van der Waals surface area (Å²) in [7, 11) is -3.60. The monoisotopic (exact) mass is 386 g/mol. The first-order valence-electron chi connectivity index (χ1n) is 9.27. The molecule has 6 heteroatoms. The van der Waals surface area contributed by atoms with Gasteiger partial charge >= 0.3 is 0 Å². The summed E-state index contributed by atoms with van der Waals surface area (Å²) < 4.78 is 27.7. The Hall–Kier alpha value is -2.18. The van der Waals surface area contributed by atoms with Crippen LogP contribution in [0.5, 0.6) is 0 Å². The van der Waals surface area contributed by atoms with E-state index in [1.807, 2.05) is 49.4 Å². The summed E-state index contributed by atoms with van der Waals surface area (Å²) in [5, 5.41) is 2.94. The van der Waals surface area contributed by atoms with Crippen LogP contribution in [0, 0.1) is 19.8 Å². The number of hydrogen-bond donors (Lipinski definition) is 1. The zero-order valence-corrected chi connectivity index (χ0v) is 16.6. The van der Waals surface area contributed by atoms with Crippen molar-refractivity contribution >= 4 is 15.9 Å². The Labute approximate surface area is 161 Å². The highest BCUT2D eigenvalue weighted by Gasteiger charge is 2.33. The number of aryl methyl sites for hydroxylation is 2. The van der Waals surface area contributed by atoms with Crippen molar-refractivity contribution in [3.05, 3.63) is 65.2 Å². The minimum atomic E-state index is -3.60. The van der Waals surface area contributed by atoms with E-state index in [1.165, 1.54) is 4.31 Å². The van der Waals surface area contributed by atoms with E-state index in [0.717, 1.165) is 16.7 Å². The number of rotatable bonds is 5. The van der Waals surface area contributed by atoms with E-state index in [-0.39, 0.29) is 18.4 Å². The van der Waals surface area contributed by atoms with Gasteiger partial charge in [0.1, 0.15) is 0 Å². The van der Waals surface area contributed by atoms with Crippen LogP contribution < -0.4 is 5.32 Å². The summed E-state index contributed by atoms with van der Waals surface area (Å²) in [6.45, 7) is 4.84. The number of amides is 1. The van der Waals surface area contributed by atoms with Crippen molar-refractivity contribution in [2.45, 2.75) is 38.1 Å². The van der Waals surface area contributed by atoms with Crippen LogP contribution >= 0.6 is 0 Å². The van der Waals surface area contributed by atoms with Gasteiger partial charge in [0.05, 0.1) is 10.8 Å². The normalized spacial score (nSPS) is 18.2. The molecule has 1 fully saturated rings. The number of sulfonamides is 1. The molecule has 3 rings (SSSR count). The lowest BCUT2D eigenvalue weighted by Crippen LogP contribution is -2.45. The lowest BCUT2D eigenvalue weighted by molar-refractivity contribution is -0.126. The lowest BCUT2D eigenvalue weighted by Gasteiger charge is -2.31. The van der Waals surface area contributed by atoms with Gasteiger partial charge in [0, 0.05) is 19.6 Å².